The fourth-order valence-corrected chi connectivity index (χ4v) is 5.59. The van der Waals surface area contributed by atoms with Crippen molar-refractivity contribution < 1.29 is 8.42 Å². The van der Waals surface area contributed by atoms with Crippen molar-refractivity contribution in [1.82, 2.24) is 9.62 Å². The van der Waals surface area contributed by atoms with E-state index in [4.69, 9.17) is 0 Å². The molecule has 0 aliphatic carbocycles. The molecule has 19 heavy (non-hydrogen) atoms. The smallest absolute Gasteiger partial charge is 0.250 e. The Labute approximate surface area is 127 Å². The van der Waals surface area contributed by atoms with E-state index in [2.05, 4.69) is 25.6 Å². The summed E-state index contributed by atoms with van der Waals surface area (Å²) in [7, 11) is -3.38. The van der Waals surface area contributed by atoms with Crippen LogP contribution in [0.1, 0.15) is 26.2 Å². The lowest BCUT2D eigenvalue weighted by Gasteiger charge is -2.29. The van der Waals surface area contributed by atoms with Crippen LogP contribution in [0.3, 0.4) is 0 Å². The molecule has 2 heterocycles. The summed E-state index contributed by atoms with van der Waals surface area (Å²) in [4.78, 5) is 2.33. The highest BCUT2D eigenvalue weighted by Gasteiger charge is 2.21. The second-order valence-electron chi connectivity index (χ2n) is 4.94. The van der Waals surface area contributed by atoms with Gasteiger partial charge < -0.3 is 4.90 Å². The minimum absolute atomic E-state index is 0.0658. The summed E-state index contributed by atoms with van der Waals surface area (Å²) in [6.07, 6.45) is 3.73. The van der Waals surface area contributed by atoms with Crippen LogP contribution in [0.25, 0.3) is 0 Å². The number of piperidine rings is 1. The molecule has 2 rings (SSSR count). The van der Waals surface area contributed by atoms with Crippen LogP contribution in [0.15, 0.2) is 20.1 Å². The number of sulfonamides is 1. The highest BCUT2D eigenvalue weighted by atomic mass is 79.9. The molecule has 0 spiro atoms. The van der Waals surface area contributed by atoms with Crippen LogP contribution in [-0.4, -0.2) is 39.0 Å². The van der Waals surface area contributed by atoms with Gasteiger partial charge in [0, 0.05) is 12.6 Å². The van der Waals surface area contributed by atoms with Gasteiger partial charge in [-0.2, -0.15) is 0 Å². The third-order valence-corrected chi connectivity index (χ3v) is 6.86. The molecule has 0 saturated carbocycles. The van der Waals surface area contributed by atoms with Gasteiger partial charge >= 0.3 is 0 Å². The van der Waals surface area contributed by atoms with E-state index in [-0.39, 0.29) is 6.04 Å². The Hall–Kier alpha value is 0.0500. The van der Waals surface area contributed by atoms with Crippen molar-refractivity contribution >= 4 is 37.3 Å². The number of likely N-dealkylation sites (tertiary alicyclic amines) is 1. The maximum absolute atomic E-state index is 12.2. The molecule has 1 atom stereocenters. The van der Waals surface area contributed by atoms with Crippen molar-refractivity contribution in [1.29, 1.82) is 0 Å². The summed E-state index contributed by atoms with van der Waals surface area (Å²) in [5, 5.41) is 0. The Kier molecular flexibility index (Phi) is 5.42. The Bertz CT molecular complexity index is 510. The topological polar surface area (TPSA) is 49.4 Å². The van der Waals surface area contributed by atoms with Crippen molar-refractivity contribution in [2.75, 3.05) is 19.6 Å². The Morgan fingerprint density at radius 1 is 1.37 bits per heavy atom. The standard InChI is InChI=1S/C12H19BrN2O2S2/c1-10(9-15-7-3-2-4-8-15)14-19(16,17)12-6-5-11(13)18-12/h5-6,10,14H,2-4,7-9H2,1H3. The summed E-state index contributed by atoms with van der Waals surface area (Å²) in [5.74, 6) is 0. The lowest BCUT2D eigenvalue weighted by molar-refractivity contribution is 0.215. The van der Waals surface area contributed by atoms with Gasteiger partial charge in [0.15, 0.2) is 0 Å². The molecule has 1 aliphatic heterocycles. The molecule has 1 N–H and O–H groups in total. The molecule has 0 bridgehead atoms. The number of nitrogens with one attached hydrogen (secondary N) is 1. The second kappa shape index (κ2) is 6.67. The first kappa shape index (κ1) is 15.4. The van der Waals surface area contributed by atoms with E-state index in [1.54, 1.807) is 12.1 Å². The van der Waals surface area contributed by atoms with Crippen molar-refractivity contribution in [3.05, 3.63) is 15.9 Å². The van der Waals surface area contributed by atoms with Gasteiger partial charge in [0.1, 0.15) is 4.21 Å². The largest absolute Gasteiger partial charge is 0.302 e. The van der Waals surface area contributed by atoms with E-state index in [1.807, 2.05) is 6.92 Å². The van der Waals surface area contributed by atoms with Crippen LogP contribution >= 0.6 is 27.3 Å². The predicted molar refractivity (Wildman–Crippen MR) is 82.1 cm³/mol. The van der Waals surface area contributed by atoms with Crippen LogP contribution in [0, 0.1) is 0 Å². The second-order valence-corrected chi connectivity index (χ2v) is 9.35. The zero-order valence-corrected chi connectivity index (χ0v) is 14.2. The zero-order chi connectivity index (χ0) is 13.9. The number of hydrogen-bond acceptors (Lipinski definition) is 4. The maximum atomic E-state index is 12.2. The predicted octanol–water partition coefficient (Wildman–Crippen LogP) is 2.66. The lowest BCUT2D eigenvalue weighted by atomic mass is 10.1. The molecule has 7 heteroatoms. The molecular formula is C12H19BrN2O2S2. The van der Waals surface area contributed by atoms with Gasteiger partial charge in [-0.15, -0.1) is 11.3 Å². The first-order chi connectivity index (χ1) is 8.97. The third kappa shape index (κ3) is 4.53. The van der Waals surface area contributed by atoms with E-state index in [0.29, 0.717) is 4.21 Å². The zero-order valence-electron chi connectivity index (χ0n) is 10.9. The molecule has 1 aromatic heterocycles. The number of thiophene rings is 1. The van der Waals surface area contributed by atoms with E-state index >= 15 is 0 Å². The minimum Gasteiger partial charge on any atom is -0.302 e. The van der Waals surface area contributed by atoms with Gasteiger partial charge in [0.2, 0.25) is 10.0 Å². The first-order valence-electron chi connectivity index (χ1n) is 6.47. The summed E-state index contributed by atoms with van der Waals surface area (Å²) in [5.41, 5.74) is 0. The minimum atomic E-state index is -3.38. The van der Waals surface area contributed by atoms with Crippen LogP contribution in [-0.2, 0) is 10.0 Å². The summed E-state index contributed by atoms with van der Waals surface area (Å²) >= 11 is 4.52. The maximum Gasteiger partial charge on any atom is 0.250 e. The molecule has 1 aromatic rings. The quantitative estimate of drug-likeness (QED) is 0.871. The molecular weight excluding hydrogens is 348 g/mol. The van der Waals surface area contributed by atoms with Crippen molar-refractivity contribution in [3.8, 4) is 0 Å². The Balaban J connectivity index is 1.92. The summed E-state index contributed by atoms with van der Waals surface area (Å²) in [6, 6.07) is 3.32. The average molecular weight is 367 g/mol. The summed E-state index contributed by atoms with van der Waals surface area (Å²) < 4.78 is 28.3. The molecule has 0 aromatic carbocycles. The number of rotatable bonds is 5. The van der Waals surface area contributed by atoms with E-state index in [9.17, 15) is 8.42 Å². The van der Waals surface area contributed by atoms with Gasteiger partial charge in [-0.25, -0.2) is 13.1 Å². The Morgan fingerprint density at radius 3 is 2.63 bits per heavy atom. The number of halogens is 1. The van der Waals surface area contributed by atoms with Crippen LogP contribution in [0.4, 0.5) is 0 Å². The molecule has 1 aliphatic rings. The van der Waals surface area contributed by atoms with Crippen molar-refractivity contribution in [2.24, 2.45) is 0 Å². The number of hydrogen-bond donors (Lipinski definition) is 1. The third-order valence-electron chi connectivity index (χ3n) is 3.15. The molecule has 108 valence electrons. The average Bonchev–Trinajstić information content (AvgIpc) is 2.77. The van der Waals surface area contributed by atoms with Crippen LogP contribution in [0.5, 0.6) is 0 Å². The van der Waals surface area contributed by atoms with E-state index in [0.717, 1.165) is 23.4 Å². The van der Waals surface area contributed by atoms with Crippen molar-refractivity contribution in [2.45, 2.75) is 36.4 Å². The molecule has 1 unspecified atom stereocenters. The van der Waals surface area contributed by atoms with Crippen LogP contribution in [0.2, 0.25) is 0 Å². The van der Waals surface area contributed by atoms with E-state index < -0.39 is 10.0 Å². The van der Waals surface area contributed by atoms with Gasteiger partial charge in [0.25, 0.3) is 0 Å². The normalized spacial score (nSPS) is 19.5. The first-order valence-corrected chi connectivity index (χ1v) is 9.57. The molecule has 0 radical (unpaired) electrons. The van der Waals surface area contributed by atoms with Gasteiger partial charge in [-0.1, -0.05) is 6.42 Å². The number of nitrogens with zero attached hydrogens (tertiary/aromatic N) is 1. The highest BCUT2D eigenvalue weighted by molar-refractivity contribution is 9.11. The highest BCUT2D eigenvalue weighted by Crippen LogP contribution is 2.26. The van der Waals surface area contributed by atoms with Crippen molar-refractivity contribution in [3.63, 3.8) is 0 Å². The SMILES string of the molecule is CC(CN1CCCCC1)NS(=O)(=O)c1ccc(Br)s1. The Morgan fingerprint density at radius 2 is 2.05 bits per heavy atom. The molecule has 1 fully saturated rings. The fourth-order valence-electron chi connectivity index (χ4n) is 2.33. The van der Waals surface area contributed by atoms with Gasteiger partial charge in [-0.05, 0) is 60.9 Å². The van der Waals surface area contributed by atoms with Gasteiger partial charge in [-0.3, -0.25) is 0 Å². The fraction of sp³-hybridized carbons (Fsp3) is 0.667. The van der Waals surface area contributed by atoms with Gasteiger partial charge in [0.05, 0.1) is 3.79 Å². The molecule has 1 saturated heterocycles. The monoisotopic (exact) mass is 366 g/mol. The van der Waals surface area contributed by atoms with E-state index in [1.165, 1.54) is 30.6 Å². The molecule has 0 amide bonds. The lowest BCUT2D eigenvalue weighted by Crippen LogP contribution is -2.43. The molecule has 4 nitrogen and oxygen atoms in total. The van der Waals surface area contributed by atoms with Crippen LogP contribution < -0.4 is 4.72 Å². The summed E-state index contributed by atoms with van der Waals surface area (Å²) in [6.45, 7) is 4.87.